The maximum Gasteiger partial charge on any atom is 0.0333 e. The smallest absolute Gasteiger partial charge is 0.0333 e. The van der Waals surface area contributed by atoms with E-state index in [1.165, 1.54) is 43.4 Å². The molecule has 3 heteroatoms. The molecule has 2 fully saturated rings. The highest BCUT2D eigenvalue weighted by Gasteiger charge is 2.36. The first-order chi connectivity index (χ1) is 8.76. The molecule has 1 aromatic heterocycles. The molecule has 3 heterocycles. The molecule has 2 atom stereocenters. The standard InChI is InChI=1S/C15H24N2S/c1-2-14-6-7-15(18-14)10-17-12-4-3-5-13(17)9-11(16)8-12/h6-7,11-13H,2-5,8-10,16H2,1H3. The monoisotopic (exact) mass is 264 g/mol. The first kappa shape index (κ1) is 12.6. The summed E-state index contributed by atoms with van der Waals surface area (Å²) in [5, 5.41) is 0. The number of piperidine rings is 2. The normalized spacial score (nSPS) is 32.7. The number of rotatable bonds is 3. The minimum atomic E-state index is 0.450. The van der Waals surface area contributed by atoms with Crippen LogP contribution in [-0.2, 0) is 13.0 Å². The summed E-state index contributed by atoms with van der Waals surface area (Å²) in [6, 6.07) is 6.57. The fourth-order valence-corrected chi connectivity index (χ4v) is 4.62. The van der Waals surface area contributed by atoms with Crippen molar-refractivity contribution in [2.75, 3.05) is 0 Å². The zero-order valence-corrected chi connectivity index (χ0v) is 12.1. The molecule has 1 aromatic rings. The van der Waals surface area contributed by atoms with Crippen molar-refractivity contribution >= 4 is 11.3 Å². The van der Waals surface area contributed by atoms with Crippen LogP contribution in [0, 0.1) is 0 Å². The number of hydrogen-bond acceptors (Lipinski definition) is 3. The van der Waals surface area contributed by atoms with Gasteiger partial charge in [0.05, 0.1) is 0 Å². The van der Waals surface area contributed by atoms with Gasteiger partial charge in [-0.3, -0.25) is 4.90 Å². The van der Waals surface area contributed by atoms with Crippen molar-refractivity contribution < 1.29 is 0 Å². The fraction of sp³-hybridized carbons (Fsp3) is 0.733. The van der Waals surface area contributed by atoms with Crippen LogP contribution in [0.5, 0.6) is 0 Å². The van der Waals surface area contributed by atoms with E-state index in [1.807, 2.05) is 11.3 Å². The highest BCUT2D eigenvalue weighted by Crippen LogP contribution is 2.35. The van der Waals surface area contributed by atoms with E-state index in [2.05, 4.69) is 24.0 Å². The minimum absolute atomic E-state index is 0.450. The Labute approximate surface area is 114 Å². The van der Waals surface area contributed by atoms with Gasteiger partial charge < -0.3 is 5.73 Å². The van der Waals surface area contributed by atoms with Crippen LogP contribution in [0.3, 0.4) is 0 Å². The number of fused-ring (bicyclic) bond motifs is 2. The van der Waals surface area contributed by atoms with Gasteiger partial charge >= 0.3 is 0 Å². The Kier molecular flexibility index (Phi) is 3.73. The lowest BCUT2D eigenvalue weighted by atomic mass is 9.82. The van der Waals surface area contributed by atoms with Crippen LogP contribution >= 0.6 is 11.3 Å². The summed E-state index contributed by atoms with van der Waals surface area (Å²) in [5.74, 6) is 0. The second-order valence-electron chi connectivity index (χ2n) is 5.86. The van der Waals surface area contributed by atoms with Crippen LogP contribution in [0.15, 0.2) is 12.1 Å². The lowest BCUT2D eigenvalue weighted by molar-refractivity contribution is 0.0253. The first-order valence-electron chi connectivity index (χ1n) is 7.35. The molecule has 0 saturated carbocycles. The van der Waals surface area contributed by atoms with Gasteiger partial charge in [0.1, 0.15) is 0 Å². The van der Waals surface area contributed by atoms with Crippen LogP contribution in [0.25, 0.3) is 0 Å². The molecule has 2 N–H and O–H groups in total. The van der Waals surface area contributed by atoms with Crippen molar-refractivity contribution in [3.63, 3.8) is 0 Å². The van der Waals surface area contributed by atoms with Crippen molar-refractivity contribution in [3.05, 3.63) is 21.9 Å². The predicted octanol–water partition coefficient (Wildman–Crippen LogP) is 3.15. The molecular weight excluding hydrogens is 240 g/mol. The number of thiophene rings is 1. The third-order valence-electron chi connectivity index (χ3n) is 4.57. The van der Waals surface area contributed by atoms with Crippen molar-refractivity contribution in [1.29, 1.82) is 0 Å². The maximum absolute atomic E-state index is 6.18. The summed E-state index contributed by atoms with van der Waals surface area (Å²) < 4.78 is 0. The Hall–Kier alpha value is -0.380. The average molecular weight is 264 g/mol. The molecule has 0 spiro atoms. The SMILES string of the molecule is CCc1ccc(CN2C3CCCC2CC(N)C3)s1. The van der Waals surface area contributed by atoms with Gasteiger partial charge in [-0.15, -0.1) is 11.3 Å². The van der Waals surface area contributed by atoms with Gasteiger partial charge in [-0.1, -0.05) is 13.3 Å². The van der Waals surface area contributed by atoms with Gasteiger partial charge in [-0.05, 0) is 44.2 Å². The van der Waals surface area contributed by atoms with E-state index in [1.54, 1.807) is 4.88 Å². The first-order valence-corrected chi connectivity index (χ1v) is 8.17. The highest BCUT2D eigenvalue weighted by molar-refractivity contribution is 7.11. The molecule has 2 aliphatic rings. The van der Waals surface area contributed by atoms with E-state index >= 15 is 0 Å². The Morgan fingerprint density at radius 1 is 1.22 bits per heavy atom. The second kappa shape index (κ2) is 5.32. The summed E-state index contributed by atoms with van der Waals surface area (Å²) in [5.41, 5.74) is 6.18. The third-order valence-corrected chi connectivity index (χ3v) is 5.78. The van der Waals surface area contributed by atoms with Crippen molar-refractivity contribution in [2.45, 2.75) is 70.1 Å². The minimum Gasteiger partial charge on any atom is -0.328 e. The summed E-state index contributed by atoms with van der Waals surface area (Å²) >= 11 is 1.99. The molecule has 2 nitrogen and oxygen atoms in total. The van der Waals surface area contributed by atoms with Gasteiger partial charge in [0, 0.05) is 34.4 Å². The van der Waals surface area contributed by atoms with Crippen molar-refractivity contribution in [2.24, 2.45) is 5.73 Å². The van der Waals surface area contributed by atoms with Crippen LogP contribution in [0.2, 0.25) is 0 Å². The van der Waals surface area contributed by atoms with Gasteiger partial charge in [-0.2, -0.15) is 0 Å². The molecule has 2 saturated heterocycles. The molecule has 18 heavy (non-hydrogen) atoms. The van der Waals surface area contributed by atoms with Gasteiger partial charge in [-0.25, -0.2) is 0 Å². The number of nitrogens with zero attached hydrogens (tertiary/aromatic N) is 1. The van der Waals surface area contributed by atoms with Gasteiger partial charge in [0.25, 0.3) is 0 Å². The van der Waals surface area contributed by atoms with Crippen LogP contribution in [-0.4, -0.2) is 23.0 Å². The van der Waals surface area contributed by atoms with E-state index in [9.17, 15) is 0 Å². The average Bonchev–Trinajstić information content (AvgIpc) is 2.78. The van der Waals surface area contributed by atoms with E-state index in [0.717, 1.165) is 18.6 Å². The van der Waals surface area contributed by atoms with E-state index in [0.29, 0.717) is 6.04 Å². The largest absolute Gasteiger partial charge is 0.328 e. The van der Waals surface area contributed by atoms with Crippen LogP contribution in [0.4, 0.5) is 0 Å². The fourth-order valence-electron chi connectivity index (χ4n) is 3.66. The molecule has 2 bridgehead atoms. The molecule has 100 valence electrons. The lowest BCUT2D eigenvalue weighted by Gasteiger charge is -2.48. The number of aryl methyl sites for hydroxylation is 1. The molecule has 2 aliphatic heterocycles. The zero-order chi connectivity index (χ0) is 12.5. The van der Waals surface area contributed by atoms with Gasteiger partial charge in [0.15, 0.2) is 0 Å². The topological polar surface area (TPSA) is 29.3 Å². The van der Waals surface area contributed by atoms with E-state index in [-0.39, 0.29) is 0 Å². The molecule has 2 unspecified atom stereocenters. The molecule has 0 radical (unpaired) electrons. The second-order valence-corrected chi connectivity index (χ2v) is 7.12. The third kappa shape index (κ3) is 2.49. The Balaban J connectivity index is 1.71. The maximum atomic E-state index is 6.18. The van der Waals surface area contributed by atoms with Crippen LogP contribution in [0.1, 0.15) is 48.8 Å². The summed E-state index contributed by atoms with van der Waals surface area (Å²) in [7, 11) is 0. The summed E-state index contributed by atoms with van der Waals surface area (Å²) in [6.07, 6.45) is 7.71. The summed E-state index contributed by atoms with van der Waals surface area (Å²) in [6.45, 7) is 3.40. The van der Waals surface area contributed by atoms with Crippen LogP contribution < -0.4 is 5.73 Å². The highest BCUT2D eigenvalue weighted by atomic mass is 32.1. The Morgan fingerprint density at radius 2 is 1.89 bits per heavy atom. The predicted molar refractivity (Wildman–Crippen MR) is 77.9 cm³/mol. The molecular formula is C15H24N2S. The Morgan fingerprint density at radius 3 is 2.50 bits per heavy atom. The quantitative estimate of drug-likeness (QED) is 0.908. The van der Waals surface area contributed by atoms with Crippen molar-refractivity contribution in [3.8, 4) is 0 Å². The number of nitrogens with two attached hydrogens (primary N) is 1. The zero-order valence-electron chi connectivity index (χ0n) is 11.3. The molecule has 3 rings (SSSR count). The van der Waals surface area contributed by atoms with Crippen molar-refractivity contribution in [1.82, 2.24) is 4.90 Å². The lowest BCUT2D eigenvalue weighted by Crippen LogP contribution is -2.54. The summed E-state index contributed by atoms with van der Waals surface area (Å²) in [4.78, 5) is 5.81. The van der Waals surface area contributed by atoms with E-state index < -0.39 is 0 Å². The van der Waals surface area contributed by atoms with E-state index in [4.69, 9.17) is 5.73 Å². The molecule has 0 amide bonds. The Bertz CT molecular complexity index is 387. The number of hydrogen-bond donors (Lipinski definition) is 1. The molecule has 0 aromatic carbocycles. The van der Waals surface area contributed by atoms with Gasteiger partial charge in [0.2, 0.25) is 0 Å². The molecule has 0 aliphatic carbocycles.